The lowest BCUT2D eigenvalue weighted by Crippen LogP contribution is -2.31. The van der Waals surface area contributed by atoms with Crippen molar-refractivity contribution in [2.75, 3.05) is 12.3 Å². The highest BCUT2D eigenvalue weighted by molar-refractivity contribution is 7.89. The number of nitrogen functional groups attached to an aromatic ring is 1. The molecule has 2 rings (SSSR count). The zero-order valence-electron chi connectivity index (χ0n) is 10.9. The van der Waals surface area contributed by atoms with Crippen LogP contribution in [-0.4, -0.2) is 19.3 Å². The minimum Gasteiger partial charge on any atom is -0.468 e. The highest BCUT2D eigenvalue weighted by Gasteiger charge is 2.28. The Balaban J connectivity index is 2.42. The quantitative estimate of drug-likeness (QED) is 0.861. The molecule has 0 saturated heterocycles. The number of nitrogens with two attached hydrogens (primary N) is 1. The fraction of sp³-hybridized carbons (Fsp3) is 0.231. The maximum absolute atomic E-state index is 12.7. The second-order valence-corrected chi connectivity index (χ2v) is 6.45. The second kappa shape index (κ2) is 5.87. The van der Waals surface area contributed by atoms with E-state index in [1.54, 1.807) is 25.1 Å². The summed E-state index contributed by atoms with van der Waals surface area (Å²) in [6.45, 7) is 2.16. The predicted molar refractivity (Wildman–Crippen MR) is 77.8 cm³/mol. The summed E-state index contributed by atoms with van der Waals surface area (Å²) >= 11 is 5.99. The van der Waals surface area contributed by atoms with Gasteiger partial charge in [-0.15, -0.1) is 0 Å². The monoisotopic (exact) mass is 314 g/mol. The maximum Gasteiger partial charge on any atom is 0.247 e. The number of halogens is 1. The molecule has 0 unspecified atom stereocenters. The van der Waals surface area contributed by atoms with Gasteiger partial charge in [-0.25, -0.2) is 8.42 Å². The summed E-state index contributed by atoms with van der Waals surface area (Å²) in [6.07, 6.45) is 1.50. The molecule has 0 aliphatic carbocycles. The van der Waals surface area contributed by atoms with Gasteiger partial charge in [0.15, 0.2) is 0 Å². The summed E-state index contributed by atoms with van der Waals surface area (Å²) in [5.41, 5.74) is 5.89. The van der Waals surface area contributed by atoms with Crippen LogP contribution in [0.5, 0.6) is 0 Å². The molecule has 5 nitrogen and oxygen atoms in total. The molecule has 1 aromatic heterocycles. The Kier molecular flexibility index (Phi) is 4.37. The number of furan rings is 1. The largest absolute Gasteiger partial charge is 0.468 e. The summed E-state index contributed by atoms with van der Waals surface area (Å²) in [4.78, 5) is -0.0601. The molecule has 0 radical (unpaired) electrons. The molecule has 1 aromatic carbocycles. The van der Waals surface area contributed by atoms with Gasteiger partial charge in [-0.3, -0.25) is 0 Å². The molecular weight excluding hydrogens is 300 g/mol. The summed E-state index contributed by atoms with van der Waals surface area (Å²) in [5, 5.41) is 0.114. The average Bonchev–Trinajstić information content (AvgIpc) is 2.88. The zero-order chi connectivity index (χ0) is 14.8. The molecule has 0 atom stereocenters. The highest BCUT2D eigenvalue weighted by atomic mass is 35.5. The van der Waals surface area contributed by atoms with Gasteiger partial charge in [-0.2, -0.15) is 4.31 Å². The summed E-state index contributed by atoms with van der Waals surface area (Å²) in [7, 11) is -3.77. The molecule has 7 heteroatoms. The minimum atomic E-state index is -3.77. The van der Waals surface area contributed by atoms with E-state index in [2.05, 4.69) is 0 Å². The molecule has 0 aliphatic rings. The summed E-state index contributed by atoms with van der Waals surface area (Å²) in [5.74, 6) is 0.557. The van der Waals surface area contributed by atoms with Gasteiger partial charge in [-0.1, -0.05) is 24.6 Å². The van der Waals surface area contributed by atoms with E-state index in [0.29, 0.717) is 5.76 Å². The van der Waals surface area contributed by atoms with Crippen LogP contribution in [0.25, 0.3) is 0 Å². The van der Waals surface area contributed by atoms with Crippen LogP contribution in [0, 0.1) is 0 Å². The van der Waals surface area contributed by atoms with E-state index in [4.69, 9.17) is 21.8 Å². The van der Waals surface area contributed by atoms with Crippen LogP contribution < -0.4 is 5.73 Å². The van der Waals surface area contributed by atoms with Crippen LogP contribution in [0.4, 0.5) is 5.69 Å². The molecule has 108 valence electrons. The maximum atomic E-state index is 12.7. The Labute approximate surface area is 123 Å². The normalized spacial score (nSPS) is 11.9. The van der Waals surface area contributed by atoms with Crippen LogP contribution >= 0.6 is 11.6 Å². The molecule has 2 N–H and O–H groups in total. The fourth-order valence-corrected chi connectivity index (χ4v) is 3.92. The van der Waals surface area contributed by atoms with Crippen LogP contribution in [0.1, 0.15) is 12.7 Å². The molecule has 0 saturated carbocycles. The smallest absolute Gasteiger partial charge is 0.247 e. The van der Waals surface area contributed by atoms with Crippen molar-refractivity contribution in [3.8, 4) is 0 Å². The Morgan fingerprint density at radius 2 is 2.05 bits per heavy atom. The molecular formula is C13H15ClN2O3S. The molecule has 0 spiro atoms. The number of hydrogen-bond donors (Lipinski definition) is 1. The third kappa shape index (κ3) is 2.82. The van der Waals surface area contributed by atoms with Gasteiger partial charge in [0.2, 0.25) is 10.0 Å². The lowest BCUT2D eigenvalue weighted by molar-refractivity contribution is 0.375. The standard InChI is InChI=1S/C13H15ClN2O3S/c1-2-16(9-10-5-4-8-19-10)20(17,18)13-11(14)6-3-7-12(13)15/h3-8H,2,9,15H2,1H3. The molecule has 0 aliphatic heterocycles. The Bertz CT molecular complexity index is 663. The average molecular weight is 315 g/mol. The van der Waals surface area contributed by atoms with E-state index >= 15 is 0 Å². The van der Waals surface area contributed by atoms with E-state index in [1.165, 1.54) is 22.7 Å². The van der Waals surface area contributed by atoms with E-state index in [9.17, 15) is 8.42 Å². The number of nitrogens with zero attached hydrogens (tertiary/aromatic N) is 1. The van der Waals surface area contributed by atoms with Crippen molar-refractivity contribution < 1.29 is 12.8 Å². The predicted octanol–water partition coefficient (Wildman–Crippen LogP) is 2.73. The van der Waals surface area contributed by atoms with Crippen LogP contribution in [0.3, 0.4) is 0 Å². The first-order valence-corrected chi connectivity index (χ1v) is 7.85. The lowest BCUT2D eigenvalue weighted by Gasteiger charge is -2.21. The third-order valence-electron chi connectivity index (χ3n) is 2.86. The van der Waals surface area contributed by atoms with E-state index in [-0.39, 0.29) is 28.7 Å². The lowest BCUT2D eigenvalue weighted by atomic mass is 10.3. The minimum absolute atomic E-state index is 0.0601. The zero-order valence-corrected chi connectivity index (χ0v) is 12.5. The molecule has 2 aromatic rings. The Hall–Kier alpha value is -1.50. The SMILES string of the molecule is CCN(Cc1ccco1)S(=O)(=O)c1c(N)cccc1Cl. The van der Waals surface area contributed by atoms with Crippen molar-refractivity contribution >= 4 is 27.3 Å². The topological polar surface area (TPSA) is 76.5 Å². The van der Waals surface area contributed by atoms with Gasteiger partial charge in [0.1, 0.15) is 10.7 Å². The Morgan fingerprint density at radius 3 is 2.60 bits per heavy atom. The first kappa shape index (κ1) is 14.9. The fourth-order valence-electron chi connectivity index (χ4n) is 1.87. The number of anilines is 1. The summed E-state index contributed by atoms with van der Waals surface area (Å²) < 4.78 is 31.8. The van der Waals surface area contributed by atoms with Crippen LogP contribution in [0.15, 0.2) is 45.9 Å². The van der Waals surface area contributed by atoms with Crippen molar-refractivity contribution in [3.05, 3.63) is 47.4 Å². The van der Waals surface area contributed by atoms with Crippen molar-refractivity contribution in [1.82, 2.24) is 4.31 Å². The van der Waals surface area contributed by atoms with Crippen molar-refractivity contribution in [3.63, 3.8) is 0 Å². The van der Waals surface area contributed by atoms with E-state index in [0.717, 1.165) is 0 Å². The van der Waals surface area contributed by atoms with Gasteiger partial charge >= 0.3 is 0 Å². The van der Waals surface area contributed by atoms with Crippen LogP contribution in [0.2, 0.25) is 5.02 Å². The molecule has 0 bridgehead atoms. The Morgan fingerprint density at radius 1 is 1.30 bits per heavy atom. The van der Waals surface area contributed by atoms with E-state index in [1.807, 2.05) is 0 Å². The number of rotatable bonds is 5. The molecule has 0 fully saturated rings. The number of hydrogen-bond acceptors (Lipinski definition) is 4. The van der Waals surface area contributed by atoms with Gasteiger partial charge in [0, 0.05) is 6.54 Å². The van der Waals surface area contributed by atoms with Crippen LogP contribution in [-0.2, 0) is 16.6 Å². The van der Waals surface area contributed by atoms with Crippen molar-refractivity contribution in [2.24, 2.45) is 0 Å². The van der Waals surface area contributed by atoms with E-state index < -0.39 is 10.0 Å². The number of sulfonamides is 1. The molecule has 1 heterocycles. The highest BCUT2D eigenvalue weighted by Crippen LogP contribution is 2.30. The van der Waals surface area contributed by atoms with Gasteiger partial charge < -0.3 is 10.2 Å². The summed E-state index contributed by atoms with van der Waals surface area (Å²) in [6, 6.07) is 8.05. The number of benzene rings is 1. The van der Waals surface area contributed by atoms with Gasteiger partial charge in [-0.05, 0) is 24.3 Å². The van der Waals surface area contributed by atoms with Crippen molar-refractivity contribution in [2.45, 2.75) is 18.4 Å². The van der Waals surface area contributed by atoms with Crippen molar-refractivity contribution in [1.29, 1.82) is 0 Å². The molecule has 0 amide bonds. The first-order valence-electron chi connectivity index (χ1n) is 6.03. The molecule has 20 heavy (non-hydrogen) atoms. The first-order chi connectivity index (χ1) is 9.46. The van der Waals surface area contributed by atoms with Gasteiger partial charge in [0.25, 0.3) is 0 Å². The van der Waals surface area contributed by atoms with Gasteiger partial charge in [0.05, 0.1) is 23.5 Å². The second-order valence-electron chi connectivity index (χ2n) is 4.17. The third-order valence-corrected chi connectivity index (χ3v) is 5.33.